The van der Waals surface area contributed by atoms with E-state index in [9.17, 15) is 9.59 Å². The van der Waals surface area contributed by atoms with Gasteiger partial charge in [-0.15, -0.1) is 0 Å². The minimum absolute atomic E-state index is 0.0122. The number of rotatable bonds is 2. The van der Waals surface area contributed by atoms with E-state index in [1.54, 1.807) is 9.80 Å². The minimum atomic E-state index is -0.468. The Kier molecular flexibility index (Phi) is 5.19. The highest BCUT2D eigenvalue weighted by Gasteiger charge is 2.31. The Balaban J connectivity index is 1.79. The summed E-state index contributed by atoms with van der Waals surface area (Å²) in [4.78, 5) is 27.8. The van der Waals surface area contributed by atoms with Crippen molar-refractivity contribution in [2.75, 3.05) is 20.1 Å². The zero-order valence-corrected chi connectivity index (χ0v) is 14.2. The van der Waals surface area contributed by atoms with E-state index in [1.807, 2.05) is 27.8 Å². The zero-order valence-electron chi connectivity index (χ0n) is 14.2. The van der Waals surface area contributed by atoms with Gasteiger partial charge in [-0.2, -0.15) is 0 Å². The van der Waals surface area contributed by atoms with Crippen molar-refractivity contribution in [3.05, 3.63) is 0 Å². The molecular weight excluding hydrogens is 282 g/mol. The third-order valence-corrected chi connectivity index (χ3v) is 4.12. The fourth-order valence-electron chi connectivity index (χ4n) is 2.65. The van der Waals surface area contributed by atoms with Crippen molar-refractivity contribution >= 4 is 12.1 Å². The molecule has 0 bridgehead atoms. The number of nitrogens with one attached hydrogen (secondary N) is 1. The minimum Gasteiger partial charge on any atom is -0.444 e. The van der Waals surface area contributed by atoms with Gasteiger partial charge in [-0.1, -0.05) is 0 Å². The van der Waals surface area contributed by atoms with Gasteiger partial charge in [0.1, 0.15) is 5.60 Å². The Morgan fingerprint density at radius 1 is 1.14 bits per heavy atom. The maximum absolute atomic E-state index is 12.1. The van der Waals surface area contributed by atoms with Crippen molar-refractivity contribution in [2.45, 2.75) is 70.6 Å². The first-order chi connectivity index (χ1) is 10.3. The van der Waals surface area contributed by atoms with Gasteiger partial charge in [-0.3, -0.25) is 0 Å². The molecule has 2 fully saturated rings. The number of hydrogen-bond acceptors (Lipinski definition) is 3. The fraction of sp³-hybridized carbons (Fsp3) is 0.875. The molecule has 22 heavy (non-hydrogen) atoms. The summed E-state index contributed by atoms with van der Waals surface area (Å²) in [5.74, 6) is 0. The molecule has 2 rings (SSSR count). The number of ether oxygens (including phenoxy) is 1. The zero-order chi connectivity index (χ0) is 16.3. The first-order valence-corrected chi connectivity index (χ1v) is 8.27. The Labute approximate surface area is 133 Å². The van der Waals surface area contributed by atoms with Crippen LogP contribution >= 0.6 is 0 Å². The Morgan fingerprint density at radius 2 is 1.82 bits per heavy atom. The molecule has 0 aromatic heterocycles. The summed E-state index contributed by atoms with van der Waals surface area (Å²) in [5.41, 5.74) is -0.468. The molecule has 1 heterocycles. The van der Waals surface area contributed by atoms with Crippen molar-refractivity contribution in [1.82, 2.24) is 15.1 Å². The van der Waals surface area contributed by atoms with Crippen LogP contribution in [0.4, 0.5) is 9.59 Å². The highest BCUT2D eigenvalue weighted by Crippen LogP contribution is 2.25. The van der Waals surface area contributed by atoms with Crippen molar-refractivity contribution < 1.29 is 14.3 Å². The maximum atomic E-state index is 12.1. The van der Waals surface area contributed by atoms with Crippen LogP contribution < -0.4 is 5.32 Å². The second-order valence-electron chi connectivity index (χ2n) is 7.39. The molecule has 0 aromatic rings. The van der Waals surface area contributed by atoms with Gasteiger partial charge in [0.25, 0.3) is 0 Å². The number of urea groups is 1. The Morgan fingerprint density at radius 3 is 2.41 bits per heavy atom. The average molecular weight is 311 g/mol. The first-order valence-electron chi connectivity index (χ1n) is 8.27. The fourth-order valence-corrected chi connectivity index (χ4v) is 2.65. The molecule has 6 heteroatoms. The van der Waals surface area contributed by atoms with Crippen molar-refractivity contribution in [2.24, 2.45) is 0 Å². The van der Waals surface area contributed by atoms with Gasteiger partial charge in [0.05, 0.1) is 0 Å². The standard InChI is InChI=1S/C16H29N3O3/c1-16(2,3)22-15(21)19-10-5-6-12(9-11-19)17-14(20)18(4)13-7-8-13/h12-13H,5-11H2,1-4H3,(H,17,20)/t12-/m0/s1. The van der Waals surface area contributed by atoms with Crippen LogP contribution in [-0.2, 0) is 4.74 Å². The van der Waals surface area contributed by atoms with E-state index in [0.29, 0.717) is 19.1 Å². The van der Waals surface area contributed by atoms with Crippen LogP contribution in [0.15, 0.2) is 0 Å². The van der Waals surface area contributed by atoms with Gasteiger partial charge < -0.3 is 19.9 Å². The summed E-state index contributed by atoms with van der Waals surface area (Å²) in [6, 6.07) is 0.573. The van der Waals surface area contributed by atoms with E-state index < -0.39 is 5.60 Å². The topological polar surface area (TPSA) is 61.9 Å². The molecule has 0 unspecified atom stereocenters. The van der Waals surface area contributed by atoms with Crippen LogP contribution in [0, 0.1) is 0 Å². The van der Waals surface area contributed by atoms with Gasteiger partial charge >= 0.3 is 12.1 Å². The lowest BCUT2D eigenvalue weighted by atomic mass is 10.1. The molecule has 1 aliphatic heterocycles. The second-order valence-corrected chi connectivity index (χ2v) is 7.39. The molecule has 1 N–H and O–H groups in total. The van der Waals surface area contributed by atoms with E-state index in [4.69, 9.17) is 4.74 Å². The molecule has 126 valence electrons. The summed E-state index contributed by atoms with van der Waals surface area (Å²) >= 11 is 0. The van der Waals surface area contributed by atoms with Crippen LogP contribution in [-0.4, -0.2) is 59.7 Å². The van der Waals surface area contributed by atoms with E-state index in [1.165, 1.54) is 0 Å². The van der Waals surface area contributed by atoms with Crippen molar-refractivity contribution in [3.63, 3.8) is 0 Å². The largest absolute Gasteiger partial charge is 0.444 e. The SMILES string of the molecule is CN(C(=O)N[C@H]1CCCN(C(=O)OC(C)(C)C)CC1)C1CC1. The van der Waals surface area contributed by atoms with Gasteiger partial charge in [0, 0.05) is 32.2 Å². The molecule has 2 aliphatic rings. The molecule has 1 atom stereocenters. The number of hydrogen-bond donors (Lipinski definition) is 1. The lowest BCUT2D eigenvalue weighted by molar-refractivity contribution is 0.0256. The third-order valence-electron chi connectivity index (χ3n) is 4.12. The van der Waals surface area contributed by atoms with Gasteiger partial charge in [-0.25, -0.2) is 9.59 Å². The predicted octanol–water partition coefficient (Wildman–Crippen LogP) is 2.58. The van der Waals surface area contributed by atoms with E-state index >= 15 is 0 Å². The molecule has 0 radical (unpaired) electrons. The predicted molar refractivity (Wildman–Crippen MR) is 84.8 cm³/mol. The smallest absolute Gasteiger partial charge is 0.410 e. The molecule has 1 saturated carbocycles. The third kappa shape index (κ3) is 5.07. The van der Waals surface area contributed by atoms with Gasteiger partial charge in [0.15, 0.2) is 0 Å². The van der Waals surface area contributed by atoms with Crippen LogP contribution in [0.25, 0.3) is 0 Å². The highest BCUT2D eigenvalue weighted by atomic mass is 16.6. The van der Waals surface area contributed by atoms with Crippen molar-refractivity contribution in [3.8, 4) is 0 Å². The van der Waals surface area contributed by atoms with Crippen LogP contribution in [0.2, 0.25) is 0 Å². The summed E-state index contributed by atoms with van der Waals surface area (Å²) < 4.78 is 5.42. The normalized spacial score (nSPS) is 22.7. The Hall–Kier alpha value is -1.46. The average Bonchev–Trinajstić information content (AvgIpc) is 3.23. The van der Waals surface area contributed by atoms with Crippen LogP contribution in [0.5, 0.6) is 0 Å². The van der Waals surface area contributed by atoms with Crippen LogP contribution in [0.3, 0.4) is 0 Å². The molecular formula is C16H29N3O3. The number of likely N-dealkylation sites (tertiary alicyclic amines) is 1. The van der Waals surface area contributed by atoms with Crippen molar-refractivity contribution in [1.29, 1.82) is 0 Å². The molecule has 0 aromatic carbocycles. The number of carbonyl (C=O) groups is 2. The van der Waals surface area contributed by atoms with E-state index in [2.05, 4.69) is 5.32 Å². The molecule has 0 spiro atoms. The highest BCUT2D eigenvalue weighted by molar-refractivity contribution is 5.75. The van der Waals surface area contributed by atoms with E-state index in [-0.39, 0.29) is 18.2 Å². The maximum Gasteiger partial charge on any atom is 0.410 e. The molecule has 1 aliphatic carbocycles. The second kappa shape index (κ2) is 6.75. The summed E-state index contributed by atoms with van der Waals surface area (Å²) in [6.07, 6.45) is 4.54. The number of nitrogens with zero attached hydrogens (tertiary/aromatic N) is 2. The Bertz CT molecular complexity index is 415. The lowest BCUT2D eigenvalue weighted by Crippen LogP contribution is -2.44. The molecule has 6 nitrogen and oxygen atoms in total. The summed E-state index contributed by atoms with van der Waals surface area (Å²) in [6.45, 7) is 6.95. The van der Waals surface area contributed by atoms with Gasteiger partial charge in [-0.05, 0) is 52.9 Å². The first kappa shape index (κ1) is 16.9. The summed E-state index contributed by atoms with van der Waals surface area (Å²) in [5, 5.41) is 3.10. The molecule has 3 amide bonds. The molecule has 1 saturated heterocycles. The number of carbonyl (C=O) groups excluding carboxylic acids is 2. The quantitative estimate of drug-likeness (QED) is 0.852. The monoisotopic (exact) mass is 311 g/mol. The lowest BCUT2D eigenvalue weighted by Gasteiger charge is -2.26. The van der Waals surface area contributed by atoms with E-state index in [0.717, 1.165) is 32.1 Å². The van der Waals surface area contributed by atoms with Crippen LogP contribution in [0.1, 0.15) is 52.9 Å². The number of amides is 3. The summed E-state index contributed by atoms with van der Waals surface area (Å²) in [7, 11) is 1.86. The van der Waals surface area contributed by atoms with Gasteiger partial charge in [0.2, 0.25) is 0 Å².